The molecule has 3 nitrogen and oxygen atoms in total. The second-order valence-corrected chi connectivity index (χ2v) is 5.02. The number of carbonyl (C=O) groups is 1. The van der Waals surface area contributed by atoms with Gasteiger partial charge in [0, 0.05) is 31.1 Å². The van der Waals surface area contributed by atoms with Crippen LogP contribution in [0.4, 0.5) is 0 Å². The molecular formula is C14H18ClNO2. The monoisotopic (exact) mass is 267 g/mol. The molecule has 1 fully saturated rings. The highest BCUT2D eigenvalue weighted by atomic mass is 35.5. The summed E-state index contributed by atoms with van der Waals surface area (Å²) in [6.07, 6.45) is 1.77. The van der Waals surface area contributed by atoms with E-state index in [1.165, 1.54) is 0 Å². The average molecular weight is 268 g/mol. The van der Waals surface area contributed by atoms with E-state index >= 15 is 0 Å². The lowest BCUT2D eigenvalue weighted by atomic mass is 10.1. The molecule has 1 aromatic carbocycles. The van der Waals surface area contributed by atoms with Crippen LogP contribution in [0.5, 0.6) is 0 Å². The lowest BCUT2D eigenvalue weighted by Crippen LogP contribution is -2.28. The van der Waals surface area contributed by atoms with Crippen LogP contribution in [0.3, 0.4) is 0 Å². The number of aliphatic hydroxyl groups is 1. The smallest absolute Gasteiger partial charge is 0.253 e. The van der Waals surface area contributed by atoms with Gasteiger partial charge in [0.15, 0.2) is 0 Å². The summed E-state index contributed by atoms with van der Waals surface area (Å²) < 4.78 is 0. The molecule has 1 saturated heterocycles. The summed E-state index contributed by atoms with van der Waals surface area (Å²) in [5.74, 6) is 0.936. The minimum atomic E-state index is 0.0717. The van der Waals surface area contributed by atoms with Crippen LogP contribution in [-0.4, -0.2) is 35.6 Å². The van der Waals surface area contributed by atoms with Gasteiger partial charge in [0.2, 0.25) is 0 Å². The number of hydrogen-bond acceptors (Lipinski definition) is 2. The molecule has 1 amide bonds. The van der Waals surface area contributed by atoms with Crippen molar-refractivity contribution < 1.29 is 9.90 Å². The fourth-order valence-electron chi connectivity index (χ4n) is 2.41. The predicted molar refractivity (Wildman–Crippen MR) is 71.7 cm³/mol. The van der Waals surface area contributed by atoms with Gasteiger partial charge in [-0.25, -0.2) is 0 Å². The van der Waals surface area contributed by atoms with Crippen LogP contribution < -0.4 is 0 Å². The highest BCUT2D eigenvalue weighted by molar-refractivity contribution is 6.17. The Morgan fingerprint density at radius 3 is 3.06 bits per heavy atom. The summed E-state index contributed by atoms with van der Waals surface area (Å²) in [5.41, 5.74) is 1.67. The zero-order valence-electron chi connectivity index (χ0n) is 10.3. The maximum atomic E-state index is 12.3. The summed E-state index contributed by atoms with van der Waals surface area (Å²) in [7, 11) is 0. The third kappa shape index (κ3) is 3.03. The van der Waals surface area contributed by atoms with E-state index in [1.807, 2.05) is 29.2 Å². The molecule has 0 saturated carbocycles. The molecule has 0 radical (unpaired) electrons. The van der Waals surface area contributed by atoms with Gasteiger partial charge in [-0.2, -0.15) is 0 Å². The van der Waals surface area contributed by atoms with Crippen molar-refractivity contribution in [3.05, 3.63) is 35.4 Å². The van der Waals surface area contributed by atoms with E-state index in [9.17, 15) is 4.79 Å². The fraction of sp³-hybridized carbons (Fsp3) is 0.500. The molecule has 98 valence electrons. The van der Waals surface area contributed by atoms with Crippen LogP contribution in [0.1, 0.15) is 28.8 Å². The number of amides is 1. The van der Waals surface area contributed by atoms with Crippen molar-refractivity contribution in [1.82, 2.24) is 4.90 Å². The molecule has 1 heterocycles. The van der Waals surface area contributed by atoms with Gasteiger partial charge in [-0.15, -0.1) is 11.6 Å². The predicted octanol–water partition coefficient (Wildman–Crippen LogP) is 2.27. The van der Waals surface area contributed by atoms with E-state index in [-0.39, 0.29) is 12.5 Å². The van der Waals surface area contributed by atoms with Gasteiger partial charge >= 0.3 is 0 Å². The minimum Gasteiger partial charge on any atom is -0.396 e. The fourth-order valence-corrected chi connectivity index (χ4v) is 2.57. The quantitative estimate of drug-likeness (QED) is 0.851. The molecule has 1 aromatic rings. The van der Waals surface area contributed by atoms with Gasteiger partial charge in [0.1, 0.15) is 0 Å². The van der Waals surface area contributed by atoms with E-state index < -0.39 is 0 Å². The van der Waals surface area contributed by atoms with E-state index in [1.54, 1.807) is 0 Å². The van der Waals surface area contributed by atoms with Crippen LogP contribution in [0.2, 0.25) is 0 Å². The molecule has 1 aliphatic rings. The van der Waals surface area contributed by atoms with Crippen molar-refractivity contribution in [3.8, 4) is 0 Å². The maximum Gasteiger partial charge on any atom is 0.253 e. The lowest BCUT2D eigenvalue weighted by Gasteiger charge is -2.16. The van der Waals surface area contributed by atoms with Crippen LogP contribution >= 0.6 is 11.6 Å². The third-order valence-electron chi connectivity index (χ3n) is 3.44. The lowest BCUT2D eigenvalue weighted by molar-refractivity contribution is 0.0784. The highest BCUT2D eigenvalue weighted by Crippen LogP contribution is 2.21. The highest BCUT2D eigenvalue weighted by Gasteiger charge is 2.26. The molecule has 0 bridgehead atoms. The molecule has 1 aliphatic heterocycles. The Hall–Kier alpha value is -1.06. The normalized spacial score (nSPS) is 19.2. The first-order valence-electron chi connectivity index (χ1n) is 6.29. The molecule has 1 unspecified atom stereocenters. The van der Waals surface area contributed by atoms with Crippen molar-refractivity contribution in [2.75, 3.05) is 19.7 Å². The number of hydrogen-bond donors (Lipinski definition) is 1. The topological polar surface area (TPSA) is 40.5 Å². The van der Waals surface area contributed by atoms with E-state index in [0.29, 0.717) is 17.4 Å². The number of benzene rings is 1. The Labute approximate surface area is 112 Å². The number of carbonyl (C=O) groups excluding carboxylic acids is 1. The second-order valence-electron chi connectivity index (χ2n) is 4.75. The van der Waals surface area contributed by atoms with Crippen molar-refractivity contribution in [1.29, 1.82) is 0 Å². The summed E-state index contributed by atoms with van der Waals surface area (Å²) in [6.45, 7) is 1.74. The van der Waals surface area contributed by atoms with Crippen LogP contribution in [0.15, 0.2) is 24.3 Å². The number of aliphatic hydroxyl groups excluding tert-OH is 1. The summed E-state index contributed by atoms with van der Waals surface area (Å²) >= 11 is 5.77. The van der Waals surface area contributed by atoms with E-state index in [0.717, 1.165) is 31.5 Å². The first kappa shape index (κ1) is 13.4. The van der Waals surface area contributed by atoms with Crippen molar-refractivity contribution in [2.45, 2.75) is 18.7 Å². The van der Waals surface area contributed by atoms with Gasteiger partial charge in [-0.1, -0.05) is 12.1 Å². The molecule has 1 N–H and O–H groups in total. The van der Waals surface area contributed by atoms with Crippen molar-refractivity contribution >= 4 is 17.5 Å². The van der Waals surface area contributed by atoms with Crippen molar-refractivity contribution in [2.24, 2.45) is 5.92 Å². The van der Waals surface area contributed by atoms with Crippen LogP contribution in [-0.2, 0) is 5.88 Å². The molecule has 0 aliphatic carbocycles. The molecular weight excluding hydrogens is 250 g/mol. The number of halogens is 1. The first-order valence-corrected chi connectivity index (χ1v) is 6.83. The molecule has 2 rings (SSSR count). The summed E-state index contributed by atoms with van der Waals surface area (Å²) in [5, 5.41) is 8.92. The Morgan fingerprint density at radius 1 is 1.50 bits per heavy atom. The number of alkyl halides is 1. The first-order chi connectivity index (χ1) is 8.74. The SMILES string of the molecule is O=C(c1cccc(CCl)c1)N1CCC(CCO)C1. The zero-order chi connectivity index (χ0) is 13.0. The minimum absolute atomic E-state index is 0.0717. The zero-order valence-corrected chi connectivity index (χ0v) is 11.1. The van der Waals surface area contributed by atoms with E-state index in [2.05, 4.69) is 0 Å². The Bertz CT molecular complexity index is 422. The van der Waals surface area contributed by atoms with Gasteiger partial charge in [-0.05, 0) is 36.5 Å². The second kappa shape index (κ2) is 6.21. The number of likely N-dealkylation sites (tertiary alicyclic amines) is 1. The molecule has 0 spiro atoms. The van der Waals surface area contributed by atoms with Crippen LogP contribution in [0.25, 0.3) is 0 Å². The number of nitrogens with zero attached hydrogens (tertiary/aromatic N) is 1. The van der Waals surface area contributed by atoms with Gasteiger partial charge < -0.3 is 10.0 Å². The Kier molecular flexibility index (Phi) is 4.61. The van der Waals surface area contributed by atoms with Crippen molar-refractivity contribution in [3.63, 3.8) is 0 Å². The summed E-state index contributed by atoms with van der Waals surface area (Å²) in [4.78, 5) is 14.2. The van der Waals surface area contributed by atoms with Gasteiger partial charge in [-0.3, -0.25) is 4.79 Å². The molecule has 0 aromatic heterocycles. The number of rotatable bonds is 4. The van der Waals surface area contributed by atoms with Crippen LogP contribution in [0, 0.1) is 5.92 Å². The largest absolute Gasteiger partial charge is 0.396 e. The standard InChI is InChI=1S/C14H18ClNO2/c15-9-12-2-1-3-13(8-12)14(18)16-6-4-11(10-16)5-7-17/h1-3,8,11,17H,4-7,9-10H2. The molecule has 4 heteroatoms. The van der Waals surface area contributed by atoms with Gasteiger partial charge in [0.05, 0.1) is 0 Å². The summed E-state index contributed by atoms with van der Waals surface area (Å²) in [6, 6.07) is 7.47. The molecule has 1 atom stereocenters. The van der Waals surface area contributed by atoms with Gasteiger partial charge in [0.25, 0.3) is 5.91 Å². The maximum absolute atomic E-state index is 12.3. The average Bonchev–Trinajstić information content (AvgIpc) is 2.87. The molecule has 18 heavy (non-hydrogen) atoms. The van der Waals surface area contributed by atoms with E-state index in [4.69, 9.17) is 16.7 Å². The Morgan fingerprint density at radius 2 is 2.33 bits per heavy atom. The third-order valence-corrected chi connectivity index (χ3v) is 3.75. The Balaban J connectivity index is 2.03.